The second-order valence-corrected chi connectivity index (χ2v) is 6.91. The highest BCUT2D eigenvalue weighted by Crippen LogP contribution is 2.21. The number of aryl methyl sites for hydroxylation is 1. The maximum Gasteiger partial charge on any atom is 0.267 e. The van der Waals surface area contributed by atoms with E-state index in [1.807, 2.05) is 6.07 Å². The molecule has 1 amide bonds. The Morgan fingerprint density at radius 1 is 1.36 bits per heavy atom. The van der Waals surface area contributed by atoms with E-state index in [0.717, 1.165) is 11.1 Å². The Bertz CT molecular complexity index is 826. The number of sulfonamides is 1. The van der Waals surface area contributed by atoms with Crippen LogP contribution in [-0.2, 0) is 40.8 Å². The predicted molar refractivity (Wildman–Crippen MR) is 78.2 cm³/mol. The predicted octanol–water partition coefficient (Wildman–Crippen LogP) is 0.710. The molecule has 0 spiro atoms. The fraction of sp³-hybridized carbons (Fsp3) is 0.286. The standard InChI is InChI=1S/C14H15N3O4S/c1-17-6-13(5-15-17)14(18)16-22(19,20)9-10-2-3-11-7-21-8-12(11)4-10/h2-6H,7-9H2,1H3,(H,16,18). The zero-order valence-electron chi connectivity index (χ0n) is 11.9. The van der Waals surface area contributed by atoms with Gasteiger partial charge in [0.05, 0.1) is 30.7 Å². The van der Waals surface area contributed by atoms with E-state index in [4.69, 9.17) is 4.74 Å². The van der Waals surface area contributed by atoms with Crippen LogP contribution in [0.5, 0.6) is 0 Å². The molecule has 1 N–H and O–H groups in total. The van der Waals surface area contributed by atoms with E-state index in [0.29, 0.717) is 18.8 Å². The molecule has 0 atom stereocenters. The van der Waals surface area contributed by atoms with E-state index >= 15 is 0 Å². The van der Waals surface area contributed by atoms with Crippen molar-refractivity contribution in [1.29, 1.82) is 0 Å². The van der Waals surface area contributed by atoms with Crippen molar-refractivity contribution in [3.8, 4) is 0 Å². The molecule has 0 fully saturated rings. The molecule has 22 heavy (non-hydrogen) atoms. The molecule has 0 saturated carbocycles. The van der Waals surface area contributed by atoms with Gasteiger partial charge >= 0.3 is 0 Å². The van der Waals surface area contributed by atoms with Crippen LogP contribution in [0.25, 0.3) is 0 Å². The first-order chi connectivity index (χ1) is 10.4. The zero-order chi connectivity index (χ0) is 15.7. The summed E-state index contributed by atoms with van der Waals surface area (Å²) in [6, 6.07) is 5.40. The molecule has 1 aromatic carbocycles. The Hall–Kier alpha value is -2.19. The van der Waals surface area contributed by atoms with Crippen LogP contribution in [0.15, 0.2) is 30.6 Å². The topological polar surface area (TPSA) is 90.3 Å². The summed E-state index contributed by atoms with van der Waals surface area (Å²) in [6.45, 7) is 1.05. The number of nitrogens with zero attached hydrogens (tertiary/aromatic N) is 2. The van der Waals surface area contributed by atoms with Gasteiger partial charge in [0.2, 0.25) is 10.0 Å². The van der Waals surface area contributed by atoms with Gasteiger partial charge in [0.25, 0.3) is 5.91 Å². The van der Waals surface area contributed by atoms with E-state index in [1.54, 1.807) is 19.2 Å². The van der Waals surface area contributed by atoms with Gasteiger partial charge in [-0.15, -0.1) is 0 Å². The number of rotatable bonds is 4. The van der Waals surface area contributed by atoms with E-state index in [9.17, 15) is 13.2 Å². The fourth-order valence-corrected chi connectivity index (χ4v) is 3.40. The zero-order valence-corrected chi connectivity index (χ0v) is 12.8. The molecule has 3 rings (SSSR count). The minimum Gasteiger partial charge on any atom is -0.372 e. The molecular formula is C14H15N3O4S. The summed E-state index contributed by atoms with van der Waals surface area (Å²) in [5.74, 6) is -0.940. The number of carbonyl (C=O) groups excluding carboxylic acids is 1. The molecule has 1 aromatic heterocycles. The normalized spacial score (nSPS) is 13.9. The molecule has 1 aliphatic rings. The number of ether oxygens (including phenoxy) is 1. The number of carbonyl (C=O) groups is 1. The average Bonchev–Trinajstić information content (AvgIpc) is 3.05. The smallest absolute Gasteiger partial charge is 0.267 e. The first kappa shape index (κ1) is 14.7. The quantitative estimate of drug-likeness (QED) is 0.895. The Labute approximate surface area is 128 Å². The largest absolute Gasteiger partial charge is 0.372 e. The van der Waals surface area contributed by atoms with Crippen LogP contribution in [0.2, 0.25) is 0 Å². The van der Waals surface area contributed by atoms with E-state index in [2.05, 4.69) is 9.82 Å². The van der Waals surface area contributed by atoms with Crippen LogP contribution in [0.3, 0.4) is 0 Å². The molecule has 0 saturated heterocycles. The van der Waals surface area contributed by atoms with Crippen molar-refractivity contribution in [3.05, 3.63) is 52.8 Å². The monoisotopic (exact) mass is 321 g/mol. The van der Waals surface area contributed by atoms with Crippen molar-refractivity contribution < 1.29 is 17.9 Å². The van der Waals surface area contributed by atoms with E-state index < -0.39 is 15.9 Å². The lowest BCUT2D eigenvalue weighted by molar-refractivity contribution is 0.0981. The maximum atomic E-state index is 12.1. The second-order valence-electron chi connectivity index (χ2n) is 5.19. The van der Waals surface area contributed by atoms with Crippen molar-refractivity contribution in [2.75, 3.05) is 0 Å². The van der Waals surface area contributed by atoms with Crippen LogP contribution in [0.1, 0.15) is 27.0 Å². The Morgan fingerprint density at radius 3 is 2.86 bits per heavy atom. The lowest BCUT2D eigenvalue weighted by Gasteiger charge is -2.07. The molecule has 0 radical (unpaired) electrons. The first-order valence-electron chi connectivity index (χ1n) is 6.65. The lowest BCUT2D eigenvalue weighted by atomic mass is 10.1. The summed E-state index contributed by atoms with van der Waals surface area (Å²) >= 11 is 0. The molecule has 0 bridgehead atoms. The van der Waals surface area contributed by atoms with Crippen LogP contribution >= 0.6 is 0 Å². The van der Waals surface area contributed by atoms with Crippen molar-refractivity contribution in [2.45, 2.75) is 19.0 Å². The number of nitrogens with one attached hydrogen (secondary N) is 1. The van der Waals surface area contributed by atoms with Crippen LogP contribution in [0, 0.1) is 0 Å². The Balaban J connectivity index is 1.72. The highest BCUT2D eigenvalue weighted by molar-refractivity contribution is 7.89. The van der Waals surface area contributed by atoms with Crippen molar-refractivity contribution >= 4 is 15.9 Å². The van der Waals surface area contributed by atoms with Crippen LogP contribution in [-0.4, -0.2) is 24.1 Å². The van der Waals surface area contributed by atoms with Gasteiger partial charge in [-0.25, -0.2) is 13.1 Å². The Morgan fingerprint density at radius 2 is 2.14 bits per heavy atom. The summed E-state index contributed by atoms with van der Waals surface area (Å²) in [5.41, 5.74) is 2.89. The van der Waals surface area contributed by atoms with Gasteiger partial charge in [-0.1, -0.05) is 18.2 Å². The molecule has 2 heterocycles. The average molecular weight is 321 g/mol. The molecule has 1 aliphatic heterocycles. The first-order valence-corrected chi connectivity index (χ1v) is 8.30. The number of amides is 1. The molecule has 0 aliphatic carbocycles. The van der Waals surface area contributed by atoms with Gasteiger partial charge in [-0.2, -0.15) is 5.10 Å². The summed E-state index contributed by atoms with van der Waals surface area (Å²) < 4.78 is 33.0. The van der Waals surface area contributed by atoms with Gasteiger partial charge in [0, 0.05) is 13.2 Å². The van der Waals surface area contributed by atoms with Gasteiger partial charge in [-0.05, 0) is 16.7 Å². The van der Waals surface area contributed by atoms with Crippen molar-refractivity contribution in [1.82, 2.24) is 14.5 Å². The summed E-state index contributed by atoms with van der Waals surface area (Å²) in [5, 5.41) is 3.84. The summed E-state index contributed by atoms with van der Waals surface area (Å²) in [4.78, 5) is 11.9. The third-order valence-electron chi connectivity index (χ3n) is 3.36. The highest BCUT2D eigenvalue weighted by Gasteiger charge is 2.19. The maximum absolute atomic E-state index is 12.1. The SMILES string of the molecule is Cn1cc(C(=O)NS(=O)(=O)Cc2ccc3c(c2)COC3)cn1. The van der Waals surface area contributed by atoms with Crippen molar-refractivity contribution in [3.63, 3.8) is 0 Å². The van der Waals surface area contributed by atoms with Gasteiger partial charge in [-0.3, -0.25) is 9.48 Å². The second kappa shape index (κ2) is 5.54. The highest BCUT2D eigenvalue weighted by atomic mass is 32.2. The van der Waals surface area contributed by atoms with Gasteiger partial charge < -0.3 is 4.74 Å². The number of benzene rings is 1. The third-order valence-corrected chi connectivity index (χ3v) is 4.57. The minimum absolute atomic E-state index is 0.202. The van der Waals surface area contributed by atoms with Crippen LogP contribution in [0.4, 0.5) is 0 Å². The van der Waals surface area contributed by atoms with Crippen LogP contribution < -0.4 is 4.72 Å². The summed E-state index contributed by atoms with van der Waals surface area (Å²) in [6.07, 6.45) is 2.77. The van der Waals surface area contributed by atoms with E-state index in [-0.39, 0.29) is 11.3 Å². The number of hydrogen-bond donors (Lipinski definition) is 1. The molecule has 116 valence electrons. The van der Waals surface area contributed by atoms with E-state index in [1.165, 1.54) is 17.1 Å². The fourth-order valence-electron chi connectivity index (χ4n) is 2.31. The lowest BCUT2D eigenvalue weighted by Crippen LogP contribution is -2.31. The van der Waals surface area contributed by atoms with Crippen molar-refractivity contribution in [2.24, 2.45) is 7.05 Å². The molecular weight excluding hydrogens is 306 g/mol. The summed E-state index contributed by atoms with van der Waals surface area (Å²) in [7, 11) is -2.12. The van der Waals surface area contributed by atoms with Gasteiger partial charge in [0.15, 0.2) is 0 Å². The third kappa shape index (κ3) is 3.18. The number of fused-ring (bicyclic) bond motifs is 1. The molecule has 0 unspecified atom stereocenters. The molecule has 8 heteroatoms. The van der Waals surface area contributed by atoms with Gasteiger partial charge in [0.1, 0.15) is 0 Å². The molecule has 2 aromatic rings. The number of aromatic nitrogens is 2. The minimum atomic E-state index is -3.77. The number of hydrogen-bond acceptors (Lipinski definition) is 5. The molecule has 7 nitrogen and oxygen atoms in total. The Kier molecular flexibility index (Phi) is 3.71.